The fourth-order valence-electron chi connectivity index (χ4n) is 5.96. The third-order valence-corrected chi connectivity index (χ3v) is 7.52. The van der Waals surface area contributed by atoms with Gasteiger partial charge in [0.15, 0.2) is 0 Å². The third-order valence-electron chi connectivity index (χ3n) is 7.52. The minimum Gasteiger partial charge on any atom is -0.274 e. The molecule has 0 N–H and O–H groups in total. The average Bonchev–Trinajstić information content (AvgIpc) is 3.21. The van der Waals surface area contributed by atoms with E-state index in [0.717, 1.165) is 11.1 Å². The van der Waals surface area contributed by atoms with Gasteiger partial charge in [0.05, 0.1) is 35.0 Å². The third kappa shape index (κ3) is 2.65. The molecule has 4 unspecified atom stereocenters. The standard InChI is InChI=1S/C26H22N2O4/c29-23-19-11-15-13-21-22(26(32)28(25(21)31)18-9-5-2-6-10-18)14-16(15)12-20(19)24(30)27(23)17-7-3-1-4-8-17/h1-10,19-22H,11-14H2. The lowest BCUT2D eigenvalue weighted by atomic mass is 9.67. The first-order valence-corrected chi connectivity index (χ1v) is 11.1. The first kappa shape index (κ1) is 19.2. The van der Waals surface area contributed by atoms with Gasteiger partial charge in [0.1, 0.15) is 0 Å². The lowest BCUT2D eigenvalue weighted by Crippen LogP contribution is -2.31. The minimum atomic E-state index is -0.379. The van der Waals surface area contributed by atoms with Crippen LogP contribution in [0.3, 0.4) is 0 Å². The van der Waals surface area contributed by atoms with E-state index in [1.807, 2.05) is 36.4 Å². The molecule has 2 aromatic carbocycles. The first-order valence-electron chi connectivity index (χ1n) is 11.1. The minimum absolute atomic E-state index is 0.153. The summed E-state index contributed by atoms with van der Waals surface area (Å²) in [6, 6.07) is 18.1. The monoisotopic (exact) mass is 426 g/mol. The molecule has 4 amide bonds. The summed E-state index contributed by atoms with van der Waals surface area (Å²) >= 11 is 0. The van der Waals surface area contributed by atoms with E-state index in [1.165, 1.54) is 9.80 Å². The van der Waals surface area contributed by atoms with E-state index in [-0.39, 0.29) is 47.3 Å². The number of rotatable bonds is 2. The summed E-state index contributed by atoms with van der Waals surface area (Å²) in [6.45, 7) is 0. The van der Waals surface area contributed by atoms with Crippen LogP contribution in [0.2, 0.25) is 0 Å². The van der Waals surface area contributed by atoms with Crippen molar-refractivity contribution in [1.82, 2.24) is 0 Å². The van der Waals surface area contributed by atoms with Gasteiger partial charge < -0.3 is 0 Å². The molecule has 0 saturated carbocycles. The second kappa shape index (κ2) is 6.99. The zero-order chi connectivity index (χ0) is 22.0. The molecule has 6 heteroatoms. The highest BCUT2D eigenvalue weighted by Gasteiger charge is 2.55. The Kier molecular flexibility index (Phi) is 4.18. The number of hydrogen-bond acceptors (Lipinski definition) is 4. The summed E-state index contributed by atoms with van der Waals surface area (Å²) in [6.07, 6.45) is 2.02. The number of carbonyl (C=O) groups excluding carboxylic acids is 4. The Morgan fingerprint density at radius 1 is 0.469 bits per heavy atom. The Hall–Kier alpha value is -3.54. The molecule has 0 radical (unpaired) electrons. The van der Waals surface area contributed by atoms with Gasteiger partial charge in [-0.05, 0) is 49.9 Å². The van der Waals surface area contributed by atoms with Crippen LogP contribution in [0.5, 0.6) is 0 Å². The van der Waals surface area contributed by atoms with Crippen molar-refractivity contribution in [2.45, 2.75) is 25.7 Å². The highest BCUT2D eigenvalue weighted by Crippen LogP contribution is 2.51. The normalized spacial score (nSPS) is 29.4. The van der Waals surface area contributed by atoms with Crippen molar-refractivity contribution in [2.24, 2.45) is 23.7 Å². The Bertz CT molecular complexity index is 1040. The molecule has 2 saturated heterocycles. The molecular formula is C26H22N2O4. The van der Waals surface area contributed by atoms with Gasteiger partial charge in [-0.1, -0.05) is 47.5 Å². The summed E-state index contributed by atoms with van der Waals surface area (Å²) < 4.78 is 0. The zero-order valence-electron chi connectivity index (χ0n) is 17.4. The Morgan fingerprint density at radius 2 is 0.750 bits per heavy atom. The SMILES string of the molecule is O=C1C2CC3=C(CC2C(=O)N1c1ccccc1)CC1C(=O)N(c2ccccc2)C(=O)C1C3. The van der Waals surface area contributed by atoms with Crippen LogP contribution in [-0.4, -0.2) is 23.6 Å². The number of benzene rings is 2. The summed E-state index contributed by atoms with van der Waals surface area (Å²) in [4.78, 5) is 55.3. The van der Waals surface area contributed by atoms with E-state index in [9.17, 15) is 19.2 Å². The van der Waals surface area contributed by atoms with Crippen LogP contribution in [0.25, 0.3) is 0 Å². The summed E-state index contributed by atoms with van der Waals surface area (Å²) in [5.74, 6) is -2.13. The molecule has 2 heterocycles. The maximum Gasteiger partial charge on any atom is 0.238 e. The Labute approximate surface area is 185 Å². The van der Waals surface area contributed by atoms with Crippen LogP contribution in [0.15, 0.2) is 71.8 Å². The molecule has 0 spiro atoms. The van der Waals surface area contributed by atoms with Crippen molar-refractivity contribution < 1.29 is 19.2 Å². The molecule has 2 aliphatic heterocycles. The van der Waals surface area contributed by atoms with Crippen molar-refractivity contribution in [3.05, 3.63) is 71.8 Å². The maximum absolute atomic E-state index is 13.2. The molecule has 2 aromatic rings. The van der Waals surface area contributed by atoms with Crippen LogP contribution in [0, 0.1) is 23.7 Å². The number of amides is 4. The van der Waals surface area contributed by atoms with Gasteiger partial charge in [-0.25, -0.2) is 0 Å². The lowest BCUT2D eigenvalue weighted by Gasteiger charge is -2.34. The Morgan fingerprint density at radius 3 is 1.03 bits per heavy atom. The van der Waals surface area contributed by atoms with E-state index in [1.54, 1.807) is 24.3 Å². The molecule has 2 fully saturated rings. The highest BCUT2D eigenvalue weighted by atomic mass is 16.2. The lowest BCUT2D eigenvalue weighted by molar-refractivity contribution is -0.124. The molecule has 6 rings (SSSR count). The number of carbonyl (C=O) groups is 4. The molecule has 32 heavy (non-hydrogen) atoms. The number of para-hydroxylation sites is 2. The molecule has 4 atom stereocenters. The number of hydrogen-bond donors (Lipinski definition) is 0. The van der Waals surface area contributed by atoms with Crippen molar-refractivity contribution in [3.8, 4) is 0 Å². The summed E-state index contributed by atoms with van der Waals surface area (Å²) in [7, 11) is 0. The topological polar surface area (TPSA) is 74.8 Å². The van der Waals surface area contributed by atoms with E-state index in [0.29, 0.717) is 37.1 Å². The number of nitrogens with zero attached hydrogens (tertiary/aromatic N) is 2. The molecule has 6 nitrogen and oxygen atoms in total. The van der Waals surface area contributed by atoms with E-state index in [2.05, 4.69) is 0 Å². The van der Waals surface area contributed by atoms with Gasteiger partial charge in [-0.15, -0.1) is 0 Å². The fraction of sp³-hybridized carbons (Fsp3) is 0.308. The predicted octanol–water partition coefficient (Wildman–Crippen LogP) is 3.48. The summed E-state index contributed by atoms with van der Waals surface area (Å²) in [5, 5.41) is 0. The van der Waals surface area contributed by atoms with Crippen molar-refractivity contribution in [1.29, 1.82) is 0 Å². The smallest absolute Gasteiger partial charge is 0.238 e. The molecule has 160 valence electrons. The van der Waals surface area contributed by atoms with Gasteiger partial charge in [-0.2, -0.15) is 0 Å². The zero-order valence-corrected chi connectivity index (χ0v) is 17.4. The molecule has 2 aliphatic carbocycles. The summed E-state index contributed by atoms with van der Waals surface area (Å²) in [5.41, 5.74) is 3.41. The Balaban J connectivity index is 1.27. The average molecular weight is 426 g/mol. The van der Waals surface area contributed by atoms with Gasteiger partial charge >= 0.3 is 0 Å². The van der Waals surface area contributed by atoms with Crippen LogP contribution in [0.4, 0.5) is 11.4 Å². The van der Waals surface area contributed by atoms with Gasteiger partial charge in [0.2, 0.25) is 23.6 Å². The number of imide groups is 2. The van der Waals surface area contributed by atoms with E-state index in [4.69, 9.17) is 0 Å². The van der Waals surface area contributed by atoms with Crippen molar-refractivity contribution in [2.75, 3.05) is 9.80 Å². The van der Waals surface area contributed by atoms with Gasteiger partial charge in [0.25, 0.3) is 0 Å². The predicted molar refractivity (Wildman–Crippen MR) is 117 cm³/mol. The second-order valence-corrected chi connectivity index (χ2v) is 9.14. The number of fused-ring (bicyclic) bond motifs is 2. The molecular weight excluding hydrogens is 404 g/mol. The van der Waals surface area contributed by atoms with Crippen molar-refractivity contribution in [3.63, 3.8) is 0 Å². The van der Waals surface area contributed by atoms with Crippen molar-refractivity contribution >= 4 is 35.0 Å². The number of anilines is 2. The molecule has 0 bridgehead atoms. The molecule has 4 aliphatic rings. The van der Waals surface area contributed by atoms with Gasteiger partial charge in [-0.3, -0.25) is 29.0 Å². The van der Waals surface area contributed by atoms with Crippen LogP contribution in [0.1, 0.15) is 25.7 Å². The van der Waals surface area contributed by atoms with E-state index >= 15 is 0 Å². The highest BCUT2D eigenvalue weighted by molar-refractivity contribution is 6.23. The number of allylic oxidation sites excluding steroid dienone is 2. The second-order valence-electron chi connectivity index (χ2n) is 9.14. The maximum atomic E-state index is 13.2. The van der Waals surface area contributed by atoms with Gasteiger partial charge in [0, 0.05) is 0 Å². The van der Waals surface area contributed by atoms with Crippen LogP contribution >= 0.6 is 0 Å². The van der Waals surface area contributed by atoms with Crippen LogP contribution in [-0.2, 0) is 19.2 Å². The quantitative estimate of drug-likeness (QED) is 0.544. The first-order chi connectivity index (χ1) is 15.5. The largest absolute Gasteiger partial charge is 0.274 e. The molecule has 0 aromatic heterocycles. The fourth-order valence-corrected chi connectivity index (χ4v) is 5.96. The van der Waals surface area contributed by atoms with E-state index < -0.39 is 0 Å². The van der Waals surface area contributed by atoms with Crippen LogP contribution < -0.4 is 9.80 Å².